The fourth-order valence-electron chi connectivity index (χ4n) is 2.63. The Hall–Kier alpha value is -1.86. The Kier molecular flexibility index (Phi) is 6.01. The first-order valence-electron chi connectivity index (χ1n) is 8.03. The van der Waals surface area contributed by atoms with E-state index < -0.39 is 5.41 Å². The van der Waals surface area contributed by atoms with Crippen molar-refractivity contribution in [2.45, 2.75) is 33.2 Å². The Morgan fingerprint density at radius 2 is 1.88 bits per heavy atom. The van der Waals surface area contributed by atoms with Crippen molar-refractivity contribution in [3.8, 4) is 0 Å². The Bertz CT molecular complexity index is 602. The van der Waals surface area contributed by atoms with Gasteiger partial charge in [-0.05, 0) is 30.5 Å². The van der Waals surface area contributed by atoms with Crippen molar-refractivity contribution in [2.75, 3.05) is 17.6 Å². The minimum atomic E-state index is -0.551. The summed E-state index contributed by atoms with van der Waals surface area (Å²) in [6.45, 7) is 4.48. The summed E-state index contributed by atoms with van der Waals surface area (Å²) in [7, 11) is 0. The van der Waals surface area contributed by atoms with Gasteiger partial charge in [0.05, 0.1) is 17.7 Å². The summed E-state index contributed by atoms with van der Waals surface area (Å²) in [5.74, 6) is -0.0348. The molecule has 0 radical (unpaired) electrons. The van der Waals surface area contributed by atoms with Gasteiger partial charge in [-0.25, -0.2) is 0 Å². The highest BCUT2D eigenvalue weighted by atomic mass is 32.2. The van der Waals surface area contributed by atoms with Gasteiger partial charge < -0.3 is 11.1 Å². The highest BCUT2D eigenvalue weighted by molar-refractivity contribution is 8.14. The predicted molar refractivity (Wildman–Crippen MR) is 95.5 cm³/mol. The van der Waals surface area contributed by atoms with E-state index in [9.17, 15) is 14.4 Å². The lowest BCUT2D eigenvalue weighted by molar-refractivity contribution is -0.126. The van der Waals surface area contributed by atoms with Crippen molar-refractivity contribution in [3.63, 3.8) is 0 Å². The zero-order valence-electron chi connectivity index (χ0n) is 14.0. The van der Waals surface area contributed by atoms with Crippen molar-refractivity contribution in [1.29, 1.82) is 0 Å². The van der Waals surface area contributed by atoms with Crippen LogP contribution in [-0.4, -0.2) is 34.3 Å². The predicted octanol–water partition coefficient (Wildman–Crippen LogP) is 2.59. The van der Waals surface area contributed by atoms with E-state index in [1.165, 1.54) is 4.90 Å². The average molecular weight is 349 g/mol. The number of benzene rings is 1. The number of rotatable bonds is 7. The van der Waals surface area contributed by atoms with Gasteiger partial charge in [-0.15, -0.1) is 0 Å². The lowest BCUT2D eigenvalue weighted by Crippen LogP contribution is -2.41. The number of nitrogens with one attached hydrogen (secondary N) is 1. The van der Waals surface area contributed by atoms with Crippen molar-refractivity contribution < 1.29 is 14.4 Å². The fraction of sp³-hybridized carbons (Fsp3) is 0.471. The van der Waals surface area contributed by atoms with Gasteiger partial charge in [0.15, 0.2) is 0 Å². The maximum atomic E-state index is 12.5. The molecule has 0 aliphatic carbocycles. The molecule has 0 unspecified atom stereocenters. The quantitative estimate of drug-likeness (QED) is 0.789. The summed E-state index contributed by atoms with van der Waals surface area (Å²) in [6.07, 6.45) is 1.36. The molecule has 3 N–H and O–H groups in total. The number of anilines is 1. The number of hydrogen-bond acceptors (Lipinski definition) is 5. The van der Waals surface area contributed by atoms with E-state index in [-0.39, 0.29) is 29.4 Å². The normalized spacial score (nSPS) is 15.0. The third kappa shape index (κ3) is 3.79. The molecule has 130 valence electrons. The molecule has 7 heteroatoms. The van der Waals surface area contributed by atoms with E-state index in [1.54, 1.807) is 24.3 Å². The van der Waals surface area contributed by atoms with E-state index >= 15 is 0 Å². The van der Waals surface area contributed by atoms with Gasteiger partial charge in [0.25, 0.3) is 5.24 Å². The van der Waals surface area contributed by atoms with Gasteiger partial charge in [-0.3, -0.25) is 19.3 Å². The summed E-state index contributed by atoms with van der Waals surface area (Å²) in [5.41, 5.74) is 6.76. The highest BCUT2D eigenvalue weighted by Gasteiger charge is 2.33. The third-order valence-corrected chi connectivity index (χ3v) is 5.48. The molecule has 6 nitrogen and oxygen atoms in total. The summed E-state index contributed by atoms with van der Waals surface area (Å²) in [4.78, 5) is 37.0. The maximum absolute atomic E-state index is 12.5. The Morgan fingerprint density at radius 3 is 2.33 bits per heavy atom. The smallest absolute Gasteiger partial charge is 0.289 e. The van der Waals surface area contributed by atoms with Crippen LogP contribution in [0.4, 0.5) is 10.5 Å². The van der Waals surface area contributed by atoms with Crippen LogP contribution in [-0.2, 0) is 16.1 Å². The van der Waals surface area contributed by atoms with Gasteiger partial charge >= 0.3 is 0 Å². The maximum Gasteiger partial charge on any atom is 0.289 e. The zero-order chi connectivity index (χ0) is 17.7. The Morgan fingerprint density at radius 1 is 1.25 bits per heavy atom. The van der Waals surface area contributed by atoms with Crippen LogP contribution in [0.1, 0.15) is 32.3 Å². The van der Waals surface area contributed by atoms with E-state index in [0.29, 0.717) is 25.1 Å². The van der Waals surface area contributed by atoms with Crippen LogP contribution in [0, 0.1) is 5.41 Å². The second-order valence-corrected chi connectivity index (χ2v) is 6.80. The second kappa shape index (κ2) is 7.81. The number of nitrogens with two attached hydrogens (primary N) is 1. The first kappa shape index (κ1) is 18.5. The van der Waals surface area contributed by atoms with Crippen molar-refractivity contribution in [3.05, 3.63) is 29.8 Å². The molecule has 3 amide bonds. The molecular formula is C17H23N3O3S. The number of amides is 3. The number of hydrogen-bond donors (Lipinski definition) is 2. The standard InChI is InChI=1S/C17H23N3O3S/c1-3-17(4-2,11-18)15(22)19-13-7-5-12(6-8-13)9-20-14(21)10-24-16(20)23/h5-8H,3-4,9-11,18H2,1-2H3,(H,19,22). The van der Waals surface area contributed by atoms with E-state index in [1.807, 2.05) is 13.8 Å². The Balaban J connectivity index is 2.03. The Labute approximate surface area is 146 Å². The monoisotopic (exact) mass is 349 g/mol. The molecule has 1 aromatic carbocycles. The van der Waals surface area contributed by atoms with Crippen LogP contribution in [0.25, 0.3) is 0 Å². The first-order valence-corrected chi connectivity index (χ1v) is 9.02. The van der Waals surface area contributed by atoms with Gasteiger partial charge in [0, 0.05) is 12.2 Å². The second-order valence-electron chi connectivity index (χ2n) is 5.88. The molecule has 1 aliphatic rings. The summed E-state index contributed by atoms with van der Waals surface area (Å²) in [6, 6.07) is 7.17. The molecular weight excluding hydrogens is 326 g/mol. The van der Waals surface area contributed by atoms with Gasteiger partial charge in [0.1, 0.15) is 0 Å². The molecule has 1 saturated heterocycles. The van der Waals surface area contributed by atoms with Gasteiger partial charge in [-0.1, -0.05) is 37.7 Å². The molecule has 1 heterocycles. The molecule has 0 aromatic heterocycles. The van der Waals surface area contributed by atoms with Crippen molar-refractivity contribution in [1.82, 2.24) is 4.90 Å². The van der Waals surface area contributed by atoms with Crippen LogP contribution >= 0.6 is 11.8 Å². The van der Waals surface area contributed by atoms with E-state index in [4.69, 9.17) is 5.73 Å². The number of carbonyl (C=O) groups is 3. The molecule has 0 bridgehead atoms. The topological polar surface area (TPSA) is 92.5 Å². The largest absolute Gasteiger partial charge is 0.329 e. The van der Waals surface area contributed by atoms with Crippen LogP contribution in [0.2, 0.25) is 0 Å². The van der Waals surface area contributed by atoms with Crippen LogP contribution in [0.5, 0.6) is 0 Å². The van der Waals surface area contributed by atoms with Gasteiger partial charge in [-0.2, -0.15) is 0 Å². The third-order valence-electron chi connectivity index (χ3n) is 4.62. The average Bonchev–Trinajstić information content (AvgIpc) is 2.90. The minimum absolute atomic E-state index is 0.0796. The fourth-order valence-corrected chi connectivity index (χ4v) is 3.35. The molecule has 24 heavy (non-hydrogen) atoms. The van der Waals surface area contributed by atoms with Crippen LogP contribution in [0.15, 0.2) is 24.3 Å². The summed E-state index contributed by atoms with van der Waals surface area (Å²) in [5, 5.41) is 2.69. The van der Waals surface area contributed by atoms with Gasteiger partial charge in [0.2, 0.25) is 11.8 Å². The van der Waals surface area contributed by atoms with Crippen LogP contribution in [0.3, 0.4) is 0 Å². The minimum Gasteiger partial charge on any atom is -0.329 e. The summed E-state index contributed by atoms with van der Waals surface area (Å²) >= 11 is 1.02. The van der Waals surface area contributed by atoms with Crippen molar-refractivity contribution >= 4 is 34.5 Å². The number of carbonyl (C=O) groups excluding carboxylic acids is 3. The molecule has 0 saturated carbocycles. The number of imide groups is 1. The molecule has 2 rings (SSSR count). The lowest BCUT2D eigenvalue weighted by atomic mass is 9.81. The molecule has 1 aliphatic heterocycles. The van der Waals surface area contributed by atoms with Crippen LogP contribution < -0.4 is 11.1 Å². The first-order chi connectivity index (χ1) is 11.5. The van der Waals surface area contributed by atoms with Crippen molar-refractivity contribution in [2.24, 2.45) is 11.1 Å². The highest BCUT2D eigenvalue weighted by Crippen LogP contribution is 2.27. The van der Waals surface area contributed by atoms with E-state index in [0.717, 1.165) is 17.3 Å². The SMILES string of the molecule is CCC(CC)(CN)C(=O)Nc1ccc(CN2C(=O)CSC2=O)cc1. The number of thioether (sulfide) groups is 1. The summed E-state index contributed by atoms with van der Waals surface area (Å²) < 4.78 is 0. The molecule has 0 atom stereocenters. The number of nitrogens with zero attached hydrogens (tertiary/aromatic N) is 1. The molecule has 0 spiro atoms. The lowest BCUT2D eigenvalue weighted by Gasteiger charge is -2.28. The zero-order valence-corrected chi connectivity index (χ0v) is 14.8. The van der Waals surface area contributed by atoms with E-state index in [2.05, 4.69) is 5.32 Å². The molecule has 1 fully saturated rings. The molecule has 1 aromatic rings.